The molecule has 1 N–H and O–H groups in total. The van der Waals surface area contributed by atoms with E-state index >= 15 is 0 Å². The molecular formula is C21H32N4O2. The molecule has 148 valence electrons. The van der Waals surface area contributed by atoms with Crippen LogP contribution in [0.1, 0.15) is 31.4 Å². The number of rotatable bonds is 4. The highest BCUT2D eigenvalue weighted by atomic mass is 16.2. The van der Waals surface area contributed by atoms with E-state index in [0.29, 0.717) is 19.6 Å². The van der Waals surface area contributed by atoms with Gasteiger partial charge in [-0.05, 0) is 51.0 Å². The number of nitrogens with zero attached hydrogens (tertiary/aromatic N) is 3. The number of anilines is 1. The molecule has 0 aromatic heterocycles. The Morgan fingerprint density at radius 2 is 1.70 bits per heavy atom. The van der Waals surface area contributed by atoms with Crippen LogP contribution in [0.2, 0.25) is 0 Å². The molecular weight excluding hydrogens is 340 g/mol. The van der Waals surface area contributed by atoms with Gasteiger partial charge in [0.2, 0.25) is 11.8 Å². The number of benzene rings is 1. The van der Waals surface area contributed by atoms with E-state index in [1.165, 1.54) is 16.8 Å². The van der Waals surface area contributed by atoms with Gasteiger partial charge in [-0.1, -0.05) is 6.07 Å². The highest BCUT2D eigenvalue weighted by Gasteiger charge is 2.34. The maximum absolute atomic E-state index is 12.8. The molecule has 0 unspecified atom stereocenters. The van der Waals surface area contributed by atoms with Crippen molar-refractivity contribution in [1.29, 1.82) is 0 Å². The van der Waals surface area contributed by atoms with Crippen LogP contribution < -0.4 is 10.2 Å². The fourth-order valence-electron chi connectivity index (χ4n) is 4.20. The monoisotopic (exact) mass is 372 g/mol. The van der Waals surface area contributed by atoms with E-state index in [-0.39, 0.29) is 30.3 Å². The zero-order valence-electron chi connectivity index (χ0n) is 17.0. The van der Waals surface area contributed by atoms with Gasteiger partial charge in [0.15, 0.2) is 0 Å². The molecule has 27 heavy (non-hydrogen) atoms. The average Bonchev–Trinajstić information content (AvgIpc) is 2.62. The number of carbonyl (C=O) groups is 2. The van der Waals surface area contributed by atoms with Crippen molar-refractivity contribution in [2.24, 2.45) is 0 Å². The first-order chi connectivity index (χ1) is 12.8. The van der Waals surface area contributed by atoms with Gasteiger partial charge in [0, 0.05) is 51.0 Å². The van der Waals surface area contributed by atoms with Crippen LogP contribution in [0.15, 0.2) is 18.2 Å². The summed E-state index contributed by atoms with van der Waals surface area (Å²) in [6.07, 6.45) is 0.271. The van der Waals surface area contributed by atoms with Gasteiger partial charge in [-0.15, -0.1) is 0 Å². The fourth-order valence-corrected chi connectivity index (χ4v) is 4.20. The third-order valence-electron chi connectivity index (χ3n) is 5.61. The van der Waals surface area contributed by atoms with Crippen molar-refractivity contribution < 1.29 is 9.59 Å². The van der Waals surface area contributed by atoms with Crippen LogP contribution in [0.3, 0.4) is 0 Å². The van der Waals surface area contributed by atoms with Crippen molar-refractivity contribution in [2.75, 3.05) is 44.2 Å². The Kier molecular flexibility index (Phi) is 6.05. The molecule has 1 atom stereocenters. The standard InChI is InChI=1S/C21H32N4O2/c1-15(2)25-6-5-22-21(27)19(25)14-20(26)24-9-7-23(8-10-24)18-12-16(3)11-17(4)13-18/h11-13,15,19H,5-10,14H2,1-4H3,(H,22,27)/t19-/m1/s1. The Morgan fingerprint density at radius 3 is 2.30 bits per heavy atom. The summed E-state index contributed by atoms with van der Waals surface area (Å²) in [5.41, 5.74) is 3.76. The lowest BCUT2D eigenvalue weighted by Gasteiger charge is -2.40. The Morgan fingerprint density at radius 1 is 1.07 bits per heavy atom. The van der Waals surface area contributed by atoms with Crippen LogP contribution >= 0.6 is 0 Å². The first kappa shape index (κ1) is 19.7. The summed E-state index contributed by atoms with van der Waals surface area (Å²) in [7, 11) is 0. The highest BCUT2D eigenvalue weighted by Crippen LogP contribution is 2.21. The fraction of sp³-hybridized carbons (Fsp3) is 0.619. The number of hydrogen-bond donors (Lipinski definition) is 1. The quantitative estimate of drug-likeness (QED) is 0.871. The minimum Gasteiger partial charge on any atom is -0.368 e. The summed E-state index contributed by atoms with van der Waals surface area (Å²) < 4.78 is 0. The molecule has 0 radical (unpaired) electrons. The van der Waals surface area contributed by atoms with Crippen molar-refractivity contribution in [3.05, 3.63) is 29.3 Å². The number of hydrogen-bond acceptors (Lipinski definition) is 4. The van der Waals surface area contributed by atoms with Gasteiger partial charge < -0.3 is 15.1 Å². The average molecular weight is 373 g/mol. The zero-order valence-corrected chi connectivity index (χ0v) is 17.0. The molecule has 2 amide bonds. The molecule has 0 spiro atoms. The van der Waals surface area contributed by atoms with Crippen LogP contribution in [0.25, 0.3) is 0 Å². The van der Waals surface area contributed by atoms with Crippen LogP contribution in [0, 0.1) is 13.8 Å². The second kappa shape index (κ2) is 8.30. The molecule has 6 heteroatoms. The molecule has 2 aliphatic heterocycles. The van der Waals surface area contributed by atoms with Gasteiger partial charge in [0.25, 0.3) is 0 Å². The van der Waals surface area contributed by atoms with Gasteiger partial charge in [0.1, 0.15) is 0 Å². The van der Waals surface area contributed by atoms with Crippen LogP contribution in [0.5, 0.6) is 0 Å². The summed E-state index contributed by atoms with van der Waals surface area (Å²) in [5.74, 6) is 0.0694. The summed E-state index contributed by atoms with van der Waals surface area (Å²) in [5, 5.41) is 2.90. The van der Waals surface area contributed by atoms with Gasteiger partial charge in [0.05, 0.1) is 12.5 Å². The maximum Gasteiger partial charge on any atom is 0.237 e. The number of piperazine rings is 2. The van der Waals surface area contributed by atoms with Crippen molar-refractivity contribution in [3.63, 3.8) is 0 Å². The van der Waals surface area contributed by atoms with E-state index in [2.05, 4.69) is 61.0 Å². The molecule has 3 rings (SSSR count). The lowest BCUT2D eigenvalue weighted by molar-refractivity contribution is -0.139. The summed E-state index contributed by atoms with van der Waals surface area (Å²) in [6, 6.07) is 6.51. The van der Waals surface area contributed by atoms with Crippen molar-refractivity contribution in [3.8, 4) is 0 Å². The molecule has 2 heterocycles. The molecule has 1 aromatic carbocycles. The van der Waals surface area contributed by atoms with Crippen LogP contribution in [0.4, 0.5) is 5.69 Å². The topological polar surface area (TPSA) is 55.9 Å². The predicted octanol–water partition coefficient (Wildman–Crippen LogP) is 1.55. The summed E-state index contributed by atoms with van der Waals surface area (Å²) >= 11 is 0. The molecule has 2 fully saturated rings. The molecule has 0 bridgehead atoms. The molecule has 0 saturated carbocycles. The summed E-state index contributed by atoms with van der Waals surface area (Å²) in [6.45, 7) is 13.0. The number of amides is 2. The van der Waals surface area contributed by atoms with E-state index < -0.39 is 0 Å². The second-order valence-electron chi connectivity index (χ2n) is 8.06. The van der Waals surface area contributed by atoms with E-state index in [9.17, 15) is 9.59 Å². The Hall–Kier alpha value is -2.08. The van der Waals surface area contributed by atoms with E-state index in [1.807, 2.05) is 4.90 Å². The summed E-state index contributed by atoms with van der Waals surface area (Å²) in [4.78, 5) is 31.5. The van der Waals surface area contributed by atoms with Crippen LogP contribution in [-0.4, -0.2) is 73.0 Å². The van der Waals surface area contributed by atoms with Crippen molar-refractivity contribution in [2.45, 2.75) is 46.2 Å². The van der Waals surface area contributed by atoms with Crippen molar-refractivity contribution >= 4 is 17.5 Å². The SMILES string of the molecule is Cc1cc(C)cc(N2CCN(C(=O)C[C@@H]3C(=O)NCCN3C(C)C)CC2)c1. The van der Waals surface area contributed by atoms with Gasteiger partial charge in [-0.2, -0.15) is 0 Å². The Bertz CT molecular complexity index is 675. The number of carbonyl (C=O) groups excluding carboxylic acids is 2. The minimum atomic E-state index is -0.344. The zero-order chi connectivity index (χ0) is 19.6. The first-order valence-corrected chi connectivity index (χ1v) is 9.99. The molecule has 1 aromatic rings. The Balaban J connectivity index is 1.58. The first-order valence-electron chi connectivity index (χ1n) is 9.99. The third-order valence-corrected chi connectivity index (χ3v) is 5.61. The molecule has 2 aliphatic rings. The van der Waals surface area contributed by atoms with Gasteiger partial charge in [-0.25, -0.2) is 0 Å². The molecule has 6 nitrogen and oxygen atoms in total. The second-order valence-corrected chi connectivity index (χ2v) is 8.06. The highest BCUT2D eigenvalue weighted by molar-refractivity contribution is 5.89. The van der Waals surface area contributed by atoms with Gasteiger partial charge in [-0.3, -0.25) is 14.5 Å². The smallest absolute Gasteiger partial charge is 0.237 e. The molecule has 2 saturated heterocycles. The number of aryl methyl sites for hydroxylation is 2. The van der Waals surface area contributed by atoms with E-state index in [0.717, 1.165) is 19.6 Å². The third kappa shape index (κ3) is 4.61. The molecule has 0 aliphatic carbocycles. The van der Waals surface area contributed by atoms with E-state index in [1.54, 1.807) is 0 Å². The van der Waals surface area contributed by atoms with Gasteiger partial charge >= 0.3 is 0 Å². The van der Waals surface area contributed by atoms with Crippen LogP contribution in [-0.2, 0) is 9.59 Å². The minimum absolute atomic E-state index is 0.0165. The number of nitrogens with one attached hydrogen (secondary N) is 1. The lowest BCUT2D eigenvalue weighted by Crippen LogP contribution is -2.59. The van der Waals surface area contributed by atoms with Crippen molar-refractivity contribution in [1.82, 2.24) is 15.1 Å². The Labute approximate surface area is 162 Å². The maximum atomic E-state index is 12.8. The lowest BCUT2D eigenvalue weighted by atomic mass is 10.1. The predicted molar refractivity (Wildman–Crippen MR) is 108 cm³/mol. The normalized spacial score (nSPS) is 21.5. The van der Waals surface area contributed by atoms with E-state index in [4.69, 9.17) is 0 Å². The largest absolute Gasteiger partial charge is 0.368 e.